The van der Waals surface area contributed by atoms with Crippen molar-refractivity contribution in [1.82, 2.24) is 19.6 Å². The fourth-order valence-corrected chi connectivity index (χ4v) is 3.57. The number of likely N-dealkylation sites (N-methyl/N-ethyl adjacent to an activating group) is 1. The van der Waals surface area contributed by atoms with E-state index in [2.05, 4.69) is 29.5 Å². The highest BCUT2D eigenvalue weighted by Crippen LogP contribution is 2.15. The van der Waals surface area contributed by atoms with Gasteiger partial charge in [0, 0.05) is 37.8 Å². The molecule has 0 bridgehead atoms. The molecule has 1 unspecified atom stereocenters. The molecule has 0 saturated carbocycles. The van der Waals surface area contributed by atoms with Crippen molar-refractivity contribution >= 4 is 48.1 Å². The van der Waals surface area contributed by atoms with Crippen LogP contribution in [0.4, 0.5) is 0 Å². The fourth-order valence-electron chi connectivity index (χ4n) is 2.74. The number of pyridine rings is 1. The molecule has 2 aromatic heterocycles. The quantitative estimate of drug-likeness (QED) is 0.851. The number of hydrogen-bond acceptors (Lipinski definition) is 4. The van der Waals surface area contributed by atoms with Gasteiger partial charge in [0.1, 0.15) is 5.65 Å². The number of nitrogens with zero attached hydrogens (tertiary/aromatic N) is 3. The van der Waals surface area contributed by atoms with Crippen molar-refractivity contribution in [3.05, 3.63) is 35.8 Å². The van der Waals surface area contributed by atoms with E-state index in [1.807, 2.05) is 28.6 Å². The lowest BCUT2D eigenvalue weighted by Crippen LogP contribution is -2.39. The van der Waals surface area contributed by atoms with Crippen molar-refractivity contribution < 1.29 is 4.79 Å². The number of aromatic nitrogens is 2. The second kappa shape index (κ2) is 9.51. The number of carbonyl (C=O) groups is 1. The van der Waals surface area contributed by atoms with Crippen LogP contribution in [0.5, 0.6) is 0 Å². The van der Waals surface area contributed by atoms with Gasteiger partial charge in [0.05, 0.1) is 11.4 Å². The van der Waals surface area contributed by atoms with E-state index < -0.39 is 0 Å². The molecule has 1 aliphatic heterocycles. The summed E-state index contributed by atoms with van der Waals surface area (Å²) >= 11 is 1.63. The Labute approximate surface area is 159 Å². The molecule has 1 fully saturated rings. The van der Waals surface area contributed by atoms with E-state index >= 15 is 0 Å². The largest absolute Gasteiger partial charge is 0.341 e. The van der Waals surface area contributed by atoms with Crippen LogP contribution in [-0.4, -0.2) is 52.1 Å². The Bertz CT molecular complexity index is 673. The number of imidazole rings is 1. The number of amides is 1. The van der Waals surface area contributed by atoms with Crippen molar-refractivity contribution in [3.63, 3.8) is 0 Å². The van der Waals surface area contributed by atoms with Crippen LogP contribution in [-0.2, 0) is 10.5 Å². The van der Waals surface area contributed by atoms with E-state index in [0.717, 1.165) is 36.6 Å². The number of carbonyl (C=O) groups excluding carboxylic acids is 1. The van der Waals surface area contributed by atoms with E-state index in [-0.39, 0.29) is 30.7 Å². The number of fused-ring (bicyclic) bond motifs is 1. The van der Waals surface area contributed by atoms with Gasteiger partial charge in [0.2, 0.25) is 5.91 Å². The number of thioether (sulfide) groups is 1. The molecule has 1 saturated heterocycles. The molecule has 3 rings (SSSR count). The first-order chi connectivity index (χ1) is 10.6. The number of halogens is 2. The number of nitrogens with one attached hydrogen (secondary N) is 1. The minimum atomic E-state index is 0. The molecule has 1 aliphatic rings. The van der Waals surface area contributed by atoms with Gasteiger partial charge in [0.15, 0.2) is 0 Å². The van der Waals surface area contributed by atoms with E-state index in [4.69, 9.17) is 0 Å². The molecule has 0 aliphatic carbocycles. The maximum atomic E-state index is 12.2. The summed E-state index contributed by atoms with van der Waals surface area (Å²) in [5, 5.41) is 3.30. The Morgan fingerprint density at radius 2 is 2.21 bits per heavy atom. The van der Waals surface area contributed by atoms with Gasteiger partial charge in [0.25, 0.3) is 0 Å². The zero-order valence-corrected chi connectivity index (χ0v) is 16.3. The highest BCUT2D eigenvalue weighted by Gasteiger charge is 2.22. The summed E-state index contributed by atoms with van der Waals surface area (Å²) in [4.78, 5) is 18.7. The predicted molar refractivity (Wildman–Crippen MR) is 105 cm³/mol. The van der Waals surface area contributed by atoms with Crippen LogP contribution in [0.2, 0.25) is 0 Å². The molecule has 0 aromatic carbocycles. The van der Waals surface area contributed by atoms with Crippen LogP contribution in [0.15, 0.2) is 24.5 Å². The van der Waals surface area contributed by atoms with Crippen LogP contribution >= 0.6 is 36.6 Å². The molecule has 0 spiro atoms. The number of rotatable bonds is 5. The third-order valence-electron chi connectivity index (χ3n) is 4.10. The molecule has 5 nitrogen and oxygen atoms in total. The summed E-state index contributed by atoms with van der Waals surface area (Å²) in [5.74, 6) is 1.49. The smallest absolute Gasteiger partial charge is 0.232 e. The molecule has 2 aromatic rings. The van der Waals surface area contributed by atoms with Gasteiger partial charge >= 0.3 is 0 Å². The zero-order valence-electron chi connectivity index (χ0n) is 13.9. The molecule has 0 radical (unpaired) electrons. The topological polar surface area (TPSA) is 49.6 Å². The van der Waals surface area contributed by atoms with Crippen molar-refractivity contribution in [3.8, 4) is 0 Å². The van der Waals surface area contributed by atoms with Crippen LogP contribution in [0.3, 0.4) is 0 Å². The van der Waals surface area contributed by atoms with E-state index in [1.54, 1.807) is 11.8 Å². The number of hydrogen-bond donors (Lipinski definition) is 1. The Balaban J connectivity index is 0.00000144. The van der Waals surface area contributed by atoms with Gasteiger partial charge < -0.3 is 14.6 Å². The molecule has 8 heteroatoms. The second-order valence-corrected chi connectivity index (χ2v) is 6.83. The van der Waals surface area contributed by atoms with Crippen molar-refractivity contribution in [2.45, 2.75) is 25.1 Å². The average Bonchev–Trinajstić information content (AvgIpc) is 3.14. The minimum Gasteiger partial charge on any atom is -0.341 e. The lowest BCUT2D eigenvalue weighted by atomic mass is 10.2. The molecular weight excluding hydrogens is 367 g/mol. The molecule has 1 atom stereocenters. The normalized spacial score (nSPS) is 16.5. The standard InChI is InChI=1S/C16H22N4OS.2ClH/c1-12-3-4-15-18-13(9-20(15)8-12)10-22-11-16(21)19(2)14-5-6-17-7-14;;/h3-4,8-9,14,17H,5-7,10-11H2,1-2H3;2*1H. The lowest BCUT2D eigenvalue weighted by molar-refractivity contribution is -0.128. The first kappa shape index (κ1) is 21.1. The van der Waals surface area contributed by atoms with Crippen LogP contribution < -0.4 is 5.32 Å². The Kier molecular flexibility index (Phi) is 8.36. The molecule has 1 N–H and O–H groups in total. The molecule has 3 heterocycles. The van der Waals surface area contributed by atoms with E-state index in [0.29, 0.717) is 11.8 Å². The summed E-state index contributed by atoms with van der Waals surface area (Å²) in [7, 11) is 1.91. The maximum Gasteiger partial charge on any atom is 0.232 e. The summed E-state index contributed by atoms with van der Waals surface area (Å²) in [6.07, 6.45) is 5.17. The second-order valence-electron chi connectivity index (χ2n) is 5.85. The van der Waals surface area contributed by atoms with Crippen LogP contribution in [0.25, 0.3) is 5.65 Å². The molecular formula is C16H24Cl2N4OS. The van der Waals surface area contributed by atoms with E-state index in [1.165, 1.54) is 5.56 Å². The Hall–Kier alpha value is -0.950. The molecule has 134 valence electrons. The van der Waals surface area contributed by atoms with Gasteiger partial charge in [-0.25, -0.2) is 4.98 Å². The van der Waals surface area contributed by atoms with Gasteiger partial charge in [-0.3, -0.25) is 4.79 Å². The maximum absolute atomic E-state index is 12.2. The average molecular weight is 391 g/mol. The van der Waals surface area contributed by atoms with Crippen LogP contribution in [0, 0.1) is 6.92 Å². The van der Waals surface area contributed by atoms with Gasteiger partial charge in [-0.2, -0.15) is 0 Å². The zero-order chi connectivity index (χ0) is 15.5. The van der Waals surface area contributed by atoms with Gasteiger partial charge in [-0.1, -0.05) is 6.07 Å². The summed E-state index contributed by atoms with van der Waals surface area (Å²) in [6.45, 7) is 4.00. The van der Waals surface area contributed by atoms with Crippen molar-refractivity contribution in [2.75, 3.05) is 25.9 Å². The SMILES string of the molecule is Cc1ccc2nc(CSCC(=O)N(C)C3CCNC3)cn2c1.Cl.Cl. The molecule has 1 amide bonds. The van der Waals surface area contributed by atoms with Gasteiger partial charge in [-0.15, -0.1) is 36.6 Å². The lowest BCUT2D eigenvalue weighted by Gasteiger charge is -2.23. The number of aryl methyl sites for hydroxylation is 1. The third-order valence-corrected chi connectivity index (χ3v) is 5.05. The summed E-state index contributed by atoms with van der Waals surface area (Å²) in [5.41, 5.74) is 3.20. The predicted octanol–water partition coefficient (Wildman–Crippen LogP) is 2.54. The summed E-state index contributed by atoms with van der Waals surface area (Å²) < 4.78 is 2.05. The Morgan fingerprint density at radius 3 is 2.92 bits per heavy atom. The highest BCUT2D eigenvalue weighted by atomic mass is 35.5. The first-order valence-electron chi connectivity index (χ1n) is 7.62. The monoisotopic (exact) mass is 390 g/mol. The fraction of sp³-hybridized carbons (Fsp3) is 0.500. The third kappa shape index (κ3) is 5.02. The van der Waals surface area contributed by atoms with E-state index in [9.17, 15) is 4.79 Å². The minimum absolute atomic E-state index is 0. The van der Waals surface area contributed by atoms with Crippen molar-refractivity contribution in [2.24, 2.45) is 0 Å². The van der Waals surface area contributed by atoms with Crippen LogP contribution in [0.1, 0.15) is 17.7 Å². The van der Waals surface area contributed by atoms with Gasteiger partial charge in [-0.05, 0) is 31.5 Å². The highest BCUT2D eigenvalue weighted by molar-refractivity contribution is 7.99. The Morgan fingerprint density at radius 1 is 1.42 bits per heavy atom. The first-order valence-corrected chi connectivity index (χ1v) is 8.77. The summed E-state index contributed by atoms with van der Waals surface area (Å²) in [6, 6.07) is 4.44. The molecule has 24 heavy (non-hydrogen) atoms. The van der Waals surface area contributed by atoms with Crippen molar-refractivity contribution in [1.29, 1.82) is 0 Å².